The van der Waals surface area contributed by atoms with Crippen molar-refractivity contribution in [3.05, 3.63) is 0 Å². The lowest BCUT2D eigenvalue weighted by molar-refractivity contribution is -0.396. The van der Waals surface area contributed by atoms with Crippen LogP contribution in [0.3, 0.4) is 0 Å². The molecule has 0 aliphatic rings. The molecule has 0 aromatic carbocycles. The minimum absolute atomic E-state index is 0.00396. The van der Waals surface area contributed by atoms with Crippen LogP contribution in [0.5, 0.6) is 0 Å². The zero-order chi connectivity index (χ0) is 20.8. The first-order valence-electron chi connectivity index (χ1n) is 6.89. The molecule has 0 aliphatic carbocycles. The SMILES string of the molecule is O=C(O)CCCCNC(=O)SCCC(F)(F)C(F)(F)C(F)(F)C(F)(F)F. The Morgan fingerprint density at radius 2 is 1.42 bits per heavy atom. The van der Waals surface area contributed by atoms with Gasteiger partial charge in [-0.2, -0.15) is 39.5 Å². The van der Waals surface area contributed by atoms with E-state index in [0.29, 0.717) is 0 Å². The summed E-state index contributed by atoms with van der Waals surface area (Å²) in [5, 5.41) is 9.45. The van der Waals surface area contributed by atoms with E-state index in [1.165, 1.54) is 0 Å². The van der Waals surface area contributed by atoms with Crippen LogP contribution in [0, 0.1) is 0 Å². The molecule has 0 aliphatic heterocycles. The van der Waals surface area contributed by atoms with Crippen molar-refractivity contribution >= 4 is 23.0 Å². The fraction of sp³-hybridized carbons (Fsp3) is 0.833. The van der Waals surface area contributed by atoms with E-state index in [1.54, 1.807) is 0 Å². The van der Waals surface area contributed by atoms with Gasteiger partial charge >= 0.3 is 29.9 Å². The molecular formula is C12H14F9NO3S. The van der Waals surface area contributed by atoms with Gasteiger partial charge in [0.1, 0.15) is 0 Å². The number of amides is 1. The van der Waals surface area contributed by atoms with Gasteiger partial charge in [-0.1, -0.05) is 11.8 Å². The smallest absolute Gasteiger partial charge is 0.460 e. The number of carboxylic acids is 1. The topological polar surface area (TPSA) is 66.4 Å². The molecule has 0 atom stereocenters. The van der Waals surface area contributed by atoms with Gasteiger partial charge in [0.2, 0.25) is 0 Å². The van der Waals surface area contributed by atoms with Gasteiger partial charge in [-0.3, -0.25) is 9.59 Å². The summed E-state index contributed by atoms with van der Waals surface area (Å²) in [4.78, 5) is 21.4. The number of rotatable bonds is 10. The minimum atomic E-state index is -6.94. The van der Waals surface area contributed by atoms with Gasteiger partial charge in [0.05, 0.1) is 0 Å². The lowest BCUT2D eigenvalue weighted by Crippen LogP contribution is -2.60. The average molecular weight is 423 g/mol. The Kier molecular flexibility index (Phi) is 8.57. The van der Waals surface area contributed by atoms with Crippen molar-refractivity contribution in [1.29, 1.82) is 0 Å². The van der Waals surface area contributed by atoms with Crippen molar-refractivity contribution < 1.29 is 54.2 Å². The number of nitrogens with one attached hydrogen (secondary N) is 1. The maximum absolute atomic E-state index is 13.2. The summed E-state index contributed by atoms with van der Waals surface area (Å²) < 4.78 is 113. The molecule has 14 heteroatoms. The Morgan fingerprint density at radius 3 is 1.88 bits per heavy atom. The minimum Gasteiger partial charge on any atom is -0.481 e. The second-order valence-corrected chi connectivity index (χ2v) is 6.08. The summed E-state index contributed by atoms with van der Waals surface area (Å²) in [6.45, 7) is -0.0577. The molecule has 0 saturated carbocycles. The number of unbranched alkanes of at least 4 members (excludes halogenated alkanes) is 1. The summed E-state index contributed by atoms with van der Waals surface area (Å²) in [5.74, 6) is -21.6. The lowest BCUT2D eigenvalue weighted by atomic mass is 10.0. The largest absolute Gasteiger partial charge is 0.481 e. The Labute approximate surface area is 145 Å². The average Bonchev–Trinajstić information content (AvgIpc) is 2.44. The Balaban J connectivity index is 4.47. The van der Waals surface area contributed by atoms with Crippen molar-refractivity contribution in [2.75, 3.05) is 12.3 Å². The molecule has 0 heterocycles. The molecule has 0 spiro atoms. The third kappa shape index (κ3) is 6.43. The van der Waals surface area contributed by atoms with Gasteiger partial charge in [-0.05, 0) is 12.8 Å². The third-order valence-electron chi connectivity index (χ3n) is 2.95. The van der Waals surface area contributed by atoms with Crippen LogP contribution in [0.15, 0.2) is 0 Å². The Morgan fingerprint density at radius 1 is 0.885 bits per heavy atom. The first-order chi connectivity index (χ1) is 11.6. The van der Waals surface area contributed by atoms with Crippen LogP contribution < -0.4 is 5.32 Å². The second kappa shape index (κ2) is 9.04. The van der Waals surface area contributed by atoms with Gasteiger partial charge in [-0.15, -0.1) is 0 Å². The monoisotopic (exact) mass is 423 g/mol. The van der Waals surface area contributed by atoms with E-state index in [2.05, 4.69) is 5.32 Å². The molecule has 0 aromatic rings. The van der Waals surface area contributed by atoms with Gasteiger partial charge in [0.15, 0.2) is 0 Å². The zero-order valence-electron chi connectivity index (χ0n) is 12.8. The predicted octanol–water partition coefficient (Wildman–Crippen LogP) is 4.54. The van der Waals surface area contributed by atoms with Crippen LogP contribution in [-0.2, 0) is 4.79 Å². The summed E-state index contributed by atoms with van der Waals surface area (Å²) in [6.07, 6.45) is -8.75. The first kappa shape index (κ1) is 24.7. The number of alkyl halides is 9. The van der Waals surface area contributed by atoms with E-state index in [0.717, 1.165) is 0 Å². The van der Waals surface area contributed by atoms with Crippen molar-refractivity contribution in [2.45, 2.75) is 49.6 Å². The van der Waals surface area contributed by atoms with Crippen LogP contribution >= 0.6 is 11.8 Å². The zero-order valence-corrected chi connectivity index (χ0v) is 13.6. The number of hydrogen-bond donors (Lipinski definition) is 2. The predicted molar refractivity (Wildman–Crippen MR) is 72.9 cm³/mol. The van der Waals surface area contributed by atoms with E-state index in [-0.39, 0.29) is 37.6 Å². The van der Waals surface area contributed by atoms with Crippen LogP contribution in [-0.4, -0.2) is 52.6 Å². The molecule has 2 N–H and O–H groups in total. The number of thioether (sulfide) groups is 1. The number of hydrogen-bond acceptors (Lipinski definition) is 3. The Bertz CT molecular complexity index is 497. The molecule has 0 saturated heterocycles. The number of halogens is 9. The molecule has 0 rings (SSSR count). The summed E-state index contributed by atoms with van der Waals surface area (Å²) in [6, 6.07) is 0. The van der Waals surface area contributed by atoms with Gasteiger partial charge < -0.3 is 10.4 Å². The molecule has 0 aromatic heterocycles. The van der Waals surface area contributed by atoms with Crippen LogP contribution in [0.2, 0.25) is 0 Å². The van der Waals surface area contributed by atoms with Crippen molar-refractivity contribution in [2.24, 2.45) is 0 Å². The number of aliphatic carboxylic acids is 1. The summed E-state index contributed by atoms with van der Waals surface area (Å²) in [7, 11) is 0. The van der Waals surface area contributed by atoms with Gasteiger partial charge in [0, 0.05) is 25.1 Å². The quantitative estimate of drug-likeness (QED) is 0.400. The van der Waals surface area contributed by atoms with Crippen LogP contribution in [0.25, 0.3) is 0 Å². The standard InChI is InChI=1S/C12H14F9NO3S/c13-9(14,10(15,16)11(17,18)12(19,20)21)4-6-26-8(25)22-5-2-1-3-7(23)24/h1-6H2,(H,22,25)(H,23,24). The highest BCUT2D eigenvalue weighted by atomic mass is 32.2. The fourth-order valence-electron chi connectivity index (χ4n) is 1.48. The summed E-state index contributed by atoms with van der Waals surface area (Å²) >= 11 is -0.00396. The molecule has 0 fully saturated rings. The van der Waals surface area contributed by atoms with E-state index in [1.807, 2.05) is 0 Å². The highest BCUT2D eigenvalue weighted by molar-refractivity contribution is 8.13. The molecule has 4 nitrogen and oxygen atoms in total. The molecule has 1 amide bonds. The number of carbonyl (C=O) groups excluding carboxylic acids is 1. The molecule has 0 bridgehead atoms. The van der Waals surface area contributed by atoms with Crippen molar-refractivity contribution in [3.63, 3.8) is 0 Å². The van der Waals surface area contributed by atoms with Crippen molar-refractivity contribution in [3.8, 4) is 0 Å². The van der Waals surface area contributed by atoms with E-state index < -0.39 is 47.3 Å². The molecular weight excluding hydrogens is 409 g/mol. The Hall–Kier alpha value is -1.34. The van der Waals surface area contributed by atoms with Crippen molar-refractivity contribution in [1.82, 2.24) is 5.32 Å². The summed E-state index contributed by atoms with van der Waals surface area (Å²) in [5.41, 5.74) is 0. The van der Waals surface area contributed by atoms with E-state index in [4.69, 9.17) is 5.11 Å². The molecule has 0 unspecified atom stereocenters. The number of carbonyl (C=O) groups is 2. The molecule has 26 heavy (non-hydrogen) atoms. The van der Waals surface area contributed by atoms with Crippen LogP contribution in [0.1, 0.15) is 25.7 Å². The fourth-order valence-corrected chi connectivity index (χ4v) is 2.23. The molecule has 0 radical (unpaired) electrons. The van der Waals surface area contributed by atoms with Crippen LogP contribution in [0.4, 0.5) is 44.3 Å². The van der Waals surface area contributed by atoms with E-state index >= 15 is 0 Å². The number of carboxylic acid groups (broad SMARTS) is 1. The third-order valence-corrected chi connectivity index (χ3v) is 3.76. The lowest BCUT2D eigenvalue weighted by Gasteiger charge is -2.33. The maximum atomic E-state index is 13.2. The first-order valence-corrected chi connectivity index (χ1v) is 7.87. The molecule has 154 valence electrons. The highest BCUT2D eigenvalue weighted by Crippen LogP contribution is 2.54. The highest BCUT2D eigenvalue weighted by Gasteiger charge is 2.81. The van der Waals surface area contributed by atoms with Gasteiger partial charge in [-0.25, -0.2) is 0 Å². The normalized spacial score (nSPS) is 13.6. The van der Waals surface area contributed by atoms with E-state index in [9.17, 15) is 49.1 Å². The second-order valence-electron chi connectivity index (χ2n) is 5.01. The maximum Gasteiger partial charge on any atom is 0.460 e. The van der Waals surface area contributed by atoms with Gasteiger partial charge in [0.25, 0.3) is 5.24 Å².